The lowest BCUT2D eigenvalue weighted by Crippen LogP contribution is -2.40. The zero-order valence-electron chi connectivity index (χ0n) is 13.8. The van der Waals surface area contributed by atoms with Crippen LogP contribution in [0.3, 0.4) is 0 Å². The van der Waals surface area contributed by atoms with Gasteiger partial charge in [0.1, 0.15) is 0 Å². The molecule has 0 saturated carbocycles. The molecule has 1 aliphatic rings. The van der Waals surface area contributed by atoms with Crippen LogP contribution in [-0.2, 0) is 14.3 Å². The Bertz CT molecular complexity index is 329. The molecule has 1 amide bonds. The zero-order valence-corrected chi connectivity index (χ0v) is 13.8. The Kier molecular flexibility index (Phi) is 8.35. The van der Waals surface area contributed by atoms with Crippen molar-refractivity contribution in [1.82, 2.24) is 9.80 Å². The highest BCUT2D eigenvalue weighted by Crippen LogP contribution is 2.18. The van der Waals surface area contributed by atoms with Crippen LogP contribution in [0.4, 0.5) is 0 Å². The molecule has 0 N–H and O–H groups in total. The fourth-order valence-corrected chi connectivity index (χ4v) is 2.90. The molecule has 0 bridgehead atoms. The lowest BCUT2D eigenvalue weighted by molar-refractivity contribution is -0.150. The van der Waals surface area contributed by atoms with Gasteiger partial charge in [-0.15, -0.1) is 0 Å². The minimum Gasteiger partial charge on any atom is -0.466 e. The standard InChI is InChI=1S/C16H30N2O3/c1-4-18(5-2)15(19)10-8-12-17-11-7-9-14(13-17)16(20)21-6-3/h14H,4-13H2,1-3H3/t14-/m0/s1. The molecule has 0 spiro atoms. The Labute approximate surface area is 128 Å². The highest BCUT2D eigenvalue weighted by atomic mass is 16.5. The smallest absolute Gasteiger partial charge is 0.310 e. The SMILES string of the molecule is CCOC(=O)[C@H]1CCCN(CCCC(=O)N(CC)CC)C1. The molecule has 0 aromatic carbocycles. The third-order valence-electron chi connectivity index (χ3n) is 4.11. The molecule has 1 atom stereocenters. The highest BCUT2D eigenvalue weighted by molar-refractivity contribution is 5.76. The summed E-state index contributed by atoms with van der Waals surface area (Å²) in [5.74, 6) is 0.178. The van der Waals surface area contributed by atoms with Crippen LogP contribution in [0, 0.1) is 5.92 Å². The normalized spacial score (nSPS) is 19.3. The lowest BCUT2D eigenvalue weighted by Gasteiger charge is -2.31. The first-order valence-corrected chi connectivity index (χ1v) is 8.29. The Morgan fingerprint density at radius 3 is 2.57 bits per heavy atom. The molecule has 1 rings (SSSR count). The molecule has 1 saturated heterocycles. The second kappa shape index (κ2) is 9.77. The van der Waals surface area contributed by atoms with E-state index in [1.807, 2.05) is 25.7 Å². The maximum absolute atomic E-state index is 11.9. The molecule has 0 aromatic heterocycles. The Morgan fingerprint density at radius 2 is 1.95 bits per heavy atom. The molecular formula is C16H30N2O3. The number of likely N-dealkylation sites (tertiary alicyclic amines) is 1. The van der Waals surface area contributed by atoms with Gasteiger partial charge in [0, 0.05) is 26.1 Å². The summed E-state index contributed by atoms with van der Waals surface area (Å²) in [6.45, 7) is 10.6. The maximum atomic E-state index is 11.9. The van der Waals surface area contributed by atoms with E-state index < -0.39 is 0 Å². The number of ether oxygens (including phenoxy) is 1. The number of hydrogen-bond donors (Lipinski definition) is 0. The number of amides is 1. The van der Waals surface area contributed by atoms with Crippen LogP contribution in [0.15, 0.2) is 0 Å². The van der Waals surface area contributed by atoms with Gasteiger partial charge in [-0.3, -0.25) is 9.59 Å². The van der Waals surface area contributed by atoms with E-state index in [2.05, 4.69) is 4.90 Å². The predicted molar refractivity (Wildman–Crippen MR) is 83.0 cm³/mol. The van der Waals surface area contributed by atoms with Gasteiger partial charge >= 0.3 is 5.97 Å². The van der Waals surface area contributed by atoms with E-state index in [1.165, 1.54) is 0 Å². The molecule has 1 aliphatic heterocycles. The number of esters is 1. The molecule has 0 aliphatic carbocycles. The third-order valence-corrected chi connectivity index (χ3v) is 4.11. The monoisotopic (exact) mass is 298 g/mol. The van der Waals surface area contributed by atoms with Crippen molar-refractivity contribution in [3.8, 4) is 0 Å². The molecule has 21 heavy (non-hydrogen) atoms. The van der Waals surface area contributed by atoms with Crippen molar-refractivity contribution < 1.29 is 14.3 Å². The van der Waals surface area contributed by atoms with Crippen molar-refractivity contribution in [2.24, 2.45) is 5.92 Å². The van der Waals surface area contributed by atoms with Gasteiger partial charge in [-0.2, -0.15) is 0 Å². The van der Waals surface area contributed by atoms with E-state index in [0.29, 0.717) is 13.0 Å². The fourth-order valence-electron chi connectivity index (χ4n) is 2.90. The zero-order chi connectivity index (χ0) is 15.7. The molecule has 0 aromatic rings. The van der Waals surface area contributed by atoms with E-state index in [4.69, 9.17) is 4.74 Å². The summed E-state index contributed by atoms with van der Waals surface area (Å²) in [7, 11) is 0. The summed E-state index contributed by atoms with van der Waals surface area (Å²) in [5, 5.41) is 0. The van der Waals surface area contributed by atoms with E-state index in [9.17, 15) is 9.59 Å². The van der Waals surface area contributed by atoms with Gasteiger partial charge in [0.15, 0.2) is 0 Å². The van der Waals surface area contributed by atoms with Crippen molar-refractivity contribution in [3.05, 3.63) is 0 Å². The van der Waals surface area contributed by atoms with E-state index in [1.54, 1.807) is 0 Å². The average Bonchev–Trinajstić information content (AvgIpc) is 2.49. The van der Waals surface area contributed by atoms with Crippen LogP contribution in [0.5, 0.6) is 0 Å². The van der Waals surface area contributed by atoms with Gasteiger partial charge in [-0.05, 0) is 53.1 Å². The van der Waals surface area contributed by atoms with Crippen LogP contribution in [0.1, 0.15) is 46.5 Å². The first kappa shape index (κ1) is 18.0. The Hall–Kier alpha value is -1.10. The third kappa shape index (κ3) is 6.04. The van der Waals surface area contributed by atoms with Crippen molar-refractivity contribution in [2.75, 3.05) is 39.3 Å². The molecule has 0 radical (unpaired) electrons. The van der Waals surface area contributed by atoms with Gasteiger partial charge < -0.3 is 14.5 Å². The number of hydrogen-bond acceptors (Lipinski definition) is 4. The van der Waals surface area contributed by atoms with E-state index in [0.717, 1.165) is 52.0 Å². The fraction of sp³-hybridized carbons (Fsp3) is 0.875. The Morgan fingerprint density at radius 1 is 1.24 bits per heavy atom. The molecule has 5 heteroatoms. The molecular weight excluding hydrogens is 268 g/mol. The summed E-state index contributed by atoms with van der Waals surface area (Å²) in [6.07, 6.45) is 3.42. The first-order chi connectivity index (χ1) is 10.1. The number of carbonyl (C=O) groups is 2. The van der Waals surface area contributed by atoms with Gasteiger partial charge in [0.25, 0.3) is 0 Å². The average molecular weight is 298 g/mol. The van der Waals surface area contributed by atoms with E-state index >= 15 is 0 Å². The second-order valence-corrected chi connectivity index (χ2v) is 5.56. The summed E-state index contributed by atoms with van der Waals surface area (Å²) in [6, 6.07) is 0. The minimum absolute atomic E-state index is 0.0113. The van der Waals surface area contributed by atoms with Gasteiger partial charge in [-0.25, -0.2) is 0 Å². The second-order valence-electron chi connectivity index (χ2n) is 5.56. The van der Waals surface area contributed by atoms with Crippen LogP contribution in [0.25, 0.3) is 0 Å². The maximum Gasteiger partial charge on any atom is 0.310 e. The molecule has 1 heterocycles. The summed E-state index contributed by atoms with van der Waals surface area (Å²) >= 11 is 0. The first-order valence-electron chi connectivity index (χ1n) is 8.29. The largest absolute Gasteiger partial charge is 0.466 e. The summed E-state index contributed by atoms with van der Waals surface area (Å²) < 4.78 is 5.11. The van der Waals surface area contributed by atoms with Crippen molar-refractivity contribution >= 4 is 11.9 Å². The number of piperidine rings is 1. The number of carbonyl (C=O) groups excluding carboxylic acids is 2. The summed E-state index contributed by atoms with van der Waals surface area (Å²) in [5.41, 5.74) is 0. The van der Waals surface area contributed by atoms with Crippen molar-refractivity contribution in [3.63, 3.8) is 0 Å². The minimum atomic E-state index is -0.0681. The van der Waals surface area contributed by atoms with Crippen LogP contribution >= 0.6 is 0 Å². The number of rotatable bonds is 8. The molecule has 0 unspecified atom stereocenters. The predicted octanol–water partition coefficient (Wildman–Crippen LogP) is 1.91. The summed E-state index contributed by atoms with van der Waals surface area (Å²) in [4.78, 5) is 27.9. The Balaban J connectivity index is 2.28. The van der Waals surface area contributed by atoms with E-state index in [-0.39, 0.29) is 17.8 Å². The molecule has 5 nitrogen and oxygen atoms in total. The quantitative estimate of drug-likeness (QED) is 0.642. The van der Waals surface area contributed by atoms with Crippen molar-refractivity contribution in [2.45, 2.75) is 46.5 Å². The van der Waals surface area contributed by atoms with Gasteiger partial charge in [-0.1, -0.05) is 0 Å². The highest BCUT2D eigenvalue weighted by Gasteiger charge is 2.26. The molecule has 122 valence electrons. The van der Waals surface area contributed by atoms with Crippen LogP contribution in [0.2, 0.25) is 0 Å². The molecule has 1 fully saturated rings. The lowest BCUT2D eigenvalue weighted by atomic mass is 9.98. The van der Waals surface area contributed by atoms with Gasteiger partial charge in [0.05, 0.1) is 12.5 Å². The van der Waals surface area contributed by atoms with Gasteiger partial charge in [0.2, 0.25) is 5.91 Å². The van der Waals surface area contributed by atoms with Crippen LogP contribution < -0.4 is 0 Å². The topological polar surface area (TPSA) is 49.9 Å². The number of nitrogens with zero attached hydrogens (tertiary/aromatic N) is 2. The van der Waals surface area contributed by atoms with Crippen LogP contribution in [-0.4, -0.2) is 61.0 Å². The van der Waals surface area contributed by atoms with Crippen molar-refractivity contribution in [1.29, 1.82) is 0 Å².